The molecule has 0 aromatic heterocycles. The van der Waals surface area contributed by atoms with Crippen molar-refractivity contribution in [3.8, 4) is 0 Å². The monoisotopic (exact) mass is 165 g/mol. The van der Waals surface area contributed by atoms with Gasteiger partial charge in [0.1, 0.15) is 12.4 Å². The normalized spacial score (nSPS) is 43.8. The Morgan fingerprint density at radius 3 is 3.42 bits per heavy atom. The molecule has 0 N–H and O–H groups in total. The van der Waals surface area contributed by atoms with Crippen LogP contribution < -0.4 is 0 Å². The molecule has 12 heavy (non-hydrogen) atoms. The molecule has 1 heterocycles. The van der Waals surface area contributed by atoms with Crippen LogP contribution in [0.4, 0.5) is 0 Å². The summed E-state index contributed by atoms with van der Waals surface area (Å²) in [6.45, 7) is 0.728. The van der Waals surface area contributed by atoms with Crippen LogP contribution in [-0.4, -0.2) is 18.1 Å². The number of Topliss-reactive ketones (excluding diaryl/α,β-unsaturated/α-hetero) is 1. The summed E-state index contributed by atoms with van der Waals surface area (Å²) in [4.78, 5) is 16.6. The summed E-state index contributed by atoms with van der Waals surface area (Å²) in [6, 6.07) is 0. The molecule has 0 amide bonds. The molecule has 0 radical (unpaired) electrons. The van der Waals surface area contributed by atoms with E-state index in [1.807, 2.05) is 0 Å². The molecule has 2 unspecified atom stereocenters. The van der Waals surface area contributed by atoms with Gasteiger partial charge < -0.3 is 4.84 Å². The third kappa shape index (κ3) is 0.625. The summed E-state index contributed by atoms with van der Waals surface area (Å²) >= 11 is 0. The average Bonchev–Trinajstić information content (AvgIpc) is 2.61. The Bertz CT molecular complexity index is 284. The van der Waals surface area contributed by atoms with E-state index in [4.69, 9.17) is 4.84 Å². The Kier molecular flexibility index (Phi) is 1.05. The van der Waals surface area contributed by atoms with Gasteiger partial charge in [-0.3, -0.25) is 4.79 Å². The fraction of sp³-hybridized carbons (Fsp3) is 0.778. The highest BCUT2D eigenvalue weighted by Crippen LogP contribution is 2.50. The molecule has 0 aromatic rings. The summed E-state index contributed by atoms with van der Waals surface area (Å²) < 4.78 is 0. The van der Waals surface area contributed by atoms with Crippen LogP contribution in [-0.2, 0) is 9.63 Å². The van der Waals surface area contributed by atoms with Gasteiger partial charge in [0.25, 0.3) is 0 Å². The topological polar surface area (TPSA) is 38.7 Å². The standard InChI is InChI=1S/C9H11NO2/c11-7-3-8-9(5-12-10-8)2-1-6(7)4-9/h6H,1-5H2. The number of nitrogens with zero attached hydrogens (tertiary/aromatic N) is 1. The van der Waals surface area contributed by atoms with Crippen molar-refractivity contribution >= 4 is 11.5 Å². The van der Waals surface area contributed by atoms with Crippen LogP contribution in [0.3, 0.4) is 0 Å². The molecule has 2 atom stereocenters. The molecule has 64 valence electrons. The summed E-state index contributed by atoms with van der Waals surface area (Å²) in [7, 11) is 0. The number of oxime groups is 1. The molecule has 3 aliphatic rings. The van der Waals surface area contributed by atoms with Crippen molar-refractivity contribution in [3.63, 3.8) is 0 Å². The van der Waals surface area contributed by atoms with Gasteiger partial charge in [0.05, 0.1) is 5.71 Å². The van der Waals surface area contributed by atoms with Crippen molar-refractivity contribution in [2.24, 2.45) is 16.5 Å². The van der Waals surface area contributed by atoms with Gasteiger partial charge in [-0.25, -0.2) is 0 Å². The Hall–Kier alpha value is -0.860. The van der Waals surface area contributed by atoms with Crippen LogP contribution in [0.15, 0.2) is 5.16 Å². The van der Waals surface area contributed by atoms with E-state index in [0.29, 0.717) is 18.1 Å². The van der Waals surface area contributed by atoms with Crippen LogP contribution in [0.2, 0.25) is 0 Å². The van der Waals surface area contributed by atoms with E-state index >= 15 is 0 Å². The number of fused-ring (bicyclic) bond motifs is 1. The van der Waals surface area contributed by atoms with E-state index in [0.717, 1.165) is 31.6 Å². The van der Waals surface area contributed by atoms with Crippen molar-refractivity contribution < 1.29 is 9.63 Å². The minimum Gasteiger partial charge on any atom is -0.395 e. The van der Waals surface area contributed by atoms with E-state index in [1.165, 1.54) is 0 Å². The fourth-order valence-electron chi connectivity index (χ4n) is 2.74. The van der Waals surface area contributed by atoms with Crippen molar-refractivity contribution in [2.75, 3.05) is 6.61 Å². The number of hydrogen-bond acceptors (Lipinski definition) is 3. The van der Waals surface area contributed by atoms with Crippen molar-refractivity contribution in [2.45, 2.75) is 25.7 Å². The maximum Gasteiger partial charge on any atom is 0.141 e. The van der Waals surface area contributed by atoms with E-state index in [2.05, 4.69) is 5.16 Å². The highest BCUT2D eigenvalue weighted by Gasteiger charge is 2.53. The smallest absolute Gasteiger partial charge is 0.141 e. The van der Waals surface area contributed by atoms with Crippen molar-refractivity contribution in [1.29, 1.82) is 0 Å². The second-order valence-electron chi connectivity index (χ2n) is 4.17. The van der Waals surface area contributed by atoms with E-state index < -0.39 is 0 Å². The third-order valence-electron chi connectivity index (χ3n) is 3.53. The zero-order chi connectivity index (χ0) is 8.18. The summed E-state index contributed by atoms with van der Waals surface area (Å²) in [6.07, 6.45) is 3.73. The fourth-order valence-corrected chi connectivity index (χ4v) is 2.74. The number of hydrogen-bond donors (Lipinski definition) is 0. The third-order valence-corrected chi connectivity index (χ3v) is 3.53. The molecule has 0 saturated heterocycles. The zero-order valence-corrected chi connectivity index (χ0v) is 6.88. The minimum atomic E-state index is 0.193. The lowest BCUT2D eigenvalue weighted by molar-refractivity contribution is -0.122. The molecule has 3 rings (SSSR count). The molecule has 2 saturated carbocycles. The molecule has 2 bridgehead atoms. The summed E-state index contributed by atoms with van der Waals surface area (Å²) in [5.74, 6) is 0.707. The van der Waals surface area contributed by atoms with Gasteiger partial charge in [-0.05, 0) is 19.3 Å². The predicted molar refractivity (Wildman–Crippen MR) is 42.8 cm³/mol. The van der Waals surface area contributed by atoms with Crippen LogP contribution >= 0.6 is 0 Å². The van der Waals surface area contributed by atoms with Gasteiger partial charge in [-0.2, -0.15) is 0 Å². The number of carbonyl (C=O) groups is 1. The SMILES string of the molecule is O=C1CC2=NOCC23CCC1C3. The second-order valence-corrected chi connectivity index (χ2v) is 4.17. The van der Waals surface area contributed by atoms with Crippen LogP contribution in [0.1, 0.15) is 25.7 Å². The molecule has 2 aliphatic carbocycles. The lowest BCUT2D eigenvalue weighted by Crippen LogP contribution is -2.35. The first-order valence-corrected chi connectivity index (χ1v) is 4.52. The maximum absolute atomic E-state index is 11.5. The van der Waals surface area contributed by atoms with Gasteiger partial charge in [0.15, 0.2) is 0 Å². The predicted octanol–water partition coefficient (Wildman–Crippen LogP) is 1.13. The molecular weight excluding hydrogens is 154 g/mol. The first-order chi connectivity index (χ1) is 5.80. The van der Waals surface area contributed by atoms with Crippen LogP contribution in [0.5, 0.6) is 0 Å². The van der Waals surface area contributed by atoms with Gasteiger partial charge in [0.2, 0.25) is 0 Å². The minimum absolute atomic E-state index is 0.193. The Balaban J connectivity index is 2.06. The largest absolute Gasteiger partial charge is 0.395 e. The second kappa shape index (κ2) is 1.90. The van der Waals surface area contributed by atoms with Gasteiger partial charge >= 0.3 is 0 Å². The van der Waals surface area contributed by atoms with Crippen molar-refractivity contribution in [3.05, 3.63) is 0 Å². The Labute approximate surface area is 70.8 Å². The van der Waals surface area contributed by atoms with E-state index in [9.17, 15) is 4.79 Å². The first kappa shape index (κ1) is 6.63. The van der Waals surface area contributed by atoms with E-state index in [-0.39, 0.29) is 5.41 Å². The highest BCUT2D eigenvalue weighted by molar-refractivity contribution is 6.09. The molecule has 2 fully saturated rings. The van der Waals surface area contributed by atoms with Gasteiger partial charge in [0, 0.05) is 17.8 Å². The molecule has 3 heteroatoms. The first-order valence-electron chi connectivity index (χ1n) is 4.52. The van der Waals surface area contributed by atoms with Gasteiger partial charge in [-0.1, -0.05) is 5.16 Å². The lowest BCUT2D eigenvalue weighted by atomic mass is 9.75. The quantitative estimate of drug-likeness (QED) is 0.539. The molecule has 0 aromatic carbocycles. The average molecular weight is 165 g/mol. The molecule has 1 aliphatic heterocycles. The summed E-state index contributed by atoms with van der Waals surface area (Å²) in [5, 5.41) is 3.97. The van der Waals surface area contributed by atoms with Crippen LogP contribution in [0.25, 0.3) is 0 Å². The number of ketones is 1. The number of carbonyl (C=O) groups excluding carboxylic acids is 1. The Morgan fingerprint density at radius 2 is 2.50 bits per heavy atom. The molecule has 1 spiro atoms. The highest BCUT2D eigenvalue weighted by atomic mass is 16.6. The number of rotatable bonds is 0. The Morgan fingerprint density at radius 1 is 1.58 bits per heavy atom. The zero-order valence-electron chi connectivity index (χ0n) is 6.88. The van der Waals surface area contributed by atoms with E-state index in [1.54, 1.807) is 0 Å². The van der Waals surface area contributed by atoms with Crippen molar-refractivity contribution in [1.82, 2.24) is 0 Å². The summed E-state index contributed by atoms with van der Waals surface area (Å²) in [5.41, 5.74) is 1.22. The maximum atomic E-state index is 11.5. The molecular formula is C9H11NO2. The van der Waals surface area contributed by atoms with Gasteiger partial charge in [-0.15, -0.1) is 0 Å². The van der Waals surface area contributed by atoms with Crippen LogP contribution in [0, 0.1) is 11.3 Å². The lowest BCUT2D eigenvalue weighted by Gasteiger charge is -2.26. The molecule has 3 nitrogen and oxygen atoms in total.